The number of unbranched alkanes of at least 4 members (excludes halogenated alkanes) is 3. The van der Waals surface area contributed by atoms with Gasteiger partial charge in [-0.3, -0.25) is 0 Å². The molecule has 0 bridgehead atoms. The Balaban J connectivity index is -0.0000000760. The van der Waals surface area contributed by atoms with Gasteiger partial charge in [0.1, 0.15) is 0 Å². The average Bonchev–Trinajstić information content (AvgIpc) is 2.91. The minimum atomic E-state index is 0.247. The van der Waals surface area contributed by atoms with E-state index < -0.39 is 0 Å². The van der Waals surface area contributed by atoms with Gasteiger partial charge >= 0.3 is 0 Å². The van der Waals surface area contributed by atoms with E-state index in [1.54, 1.807) is 57.9 Å². The van der Waals surface area contributed by atoms with Gasteiger partial charge in [0, 0.05) is 5.75 Å². The van der Waals surface area contributed by atoms with Crippen LogP contribution < -0.4 is 0 Å². The van der Waals surface area contributed by atoms with Gasteiger partial charge in [-0.1, -0.05) is 86.4 Å². The highest BCUT2D eigenvalue weighted by atomic mass is 32.2. The highest BCUT2D eigenvalue weighted by Crippen LogP contribution is 2.05. The van der Waals surface area contributed by atoms with Gasteiger partial charge in [-0.2, -0.15) is 0 Å². The molecule has 0 unspecified atom stereocenters. The topological polar surface area (TPSA) is 20.2 Å². The van der Waals surface area contributed by atoms with Gasteiger partial charge < -0.3 is 5.11 Å². The summed E-state index contributed by atoms with van der Waals surface area (Å²) in [7, 11) is 0. The molecule has 0 fully saturated rings. The zero-order chi connectivity index (χ0) is 29.0. The first kappa shape index (κ1) is 49.4. The van der Waals surface area contributed by atoms with Crippen molar-refractivity contribution in [2.75, 3.05) is 41.6 Å². The van der Waals surface area contributed by atoms with Crippen molar-refractivity contribution < 1.29 is 5.11 Å². The number of aliphatic hydroxyl groups is 1. The van der Waals surface area contributed by atoms with Crippen molar-refractivity contribution in [2.24, 2.45) is 0 Å². The van der Waals surface area contributed by atoms with E-state index in [1.165, 1.54) is 67.5 Å². The third kappa shape index (κ3) is 113. The van der Waals surface area contributed by atoms with Gasteiger partial charge in [-0.25, -0.2) is 0 Å². The van der Waals surface area contributed by atoms with Gasteiger partial charge in [-0.05, 0) is 81.0 Å². The van der Waals surface area contributed by atoms with Crippen LogP contribution in [0.3, 0.4) is 0 Å². The lowest BCUT2D eigenvalue weighted by Gasteiger charge is -1.91. The molecule has 0 atom stereocenters. The number of hydrogen-bond acceptors (Lipinski definition) is 7. The third-order valence-electron chi connectivity index (χ3n) is 2.94. The first-order valence-corrected chi connectivity index (χ1v) is 18.9. The van der Waals surface area contributed by atoms with Crippen LogP contribution in [0.4, 0.5) is 0 Å². The molecule has 0 aliphatic carbocycles. The van der Waals surface area contributed by atoms with Crippen molar-refractivity contribution >= 4 is 70.6 Å². The van der Waals surface area contributed by atoms with E-state index in [0.29, 0.717) is 0 Å². The van der Waals surface area contributed by atoms with Crippen LogP contribution in [0.5, 0.6) is 0 Å². The molecular weight excluding hydrogens is 557 g/mol. The fourth-order valence-electron chi connectivity index (χ4n) is 1.28. The predicted octanol–water partition coefficient (Wildman–Crippen LogP) is 12.2. The molecule has 1 nitrogen and oxygen atoms in total. The molecule has 0 rings (SSSR count). The molecule has 0 aromatic heterocycles. The van der Waals surface area contributed by atoms with Crippen molar-refractivity contribution in [1.29, 1.82) is 0 Å². The maximum Gasteiger partial charge on any atom is 0.0525 e. The van der Waals surface area contributed by atoms with Gasteiger partial charge in [0.05, 0.1) is 6.61 Å². The Morgan fingerprint density at radius 3 is 1.11 bits per heavy atom. The van der Waals surface area contributed by atoms with Crippen molar-refractivity contribution in [1.82, 2.24) is 0 Å². The van der Waals surface area contributed by atoms with E-state index in [1.807, 2.05) is 39.6 Å². The van der Waals surface area contributed by atoms with E-state index in [-0.39, 0.29) is 6.61 Å². The molecule has 0 aliphatic rings. The summed E-state index contributed by atoms with van der Waals surface area (Å²) in [6.07, 6.45) is 9.85. The van der Waals surface area contributed by atoms with Crippen LogP contribution in [0.1, 0.15) is 66.2 Å². The fraction of sp³-hybridized carbons (Fsp3) is 0.586. The summed E-state index contributed by atoms with van der Waals surface area (Å²) in [4.78, 5) is 0. The summed E-state index contributed by atoms with van der Waals surface area (Å²) >= 11 is 10.2. The van der Waals surface area contributed by atoms with Crippen LogP contribution in [-0.2, 0) is 0 Å². The smallest absolute Gasteiger partial charge is 0.0525 e. The number of rotatable bonds is 18. The Hall–Kier alpha value is 0.500. The maximum atomic E-state index is 8.13. The lowest BCUT2D eigenvalue weighted by Crippen LogP contribution is -1.80. The molecule has 0 aliphatic heterocycles. The van der Waals surface area contributed by atoms with Crippen LogP contribution in [0.2, 0.25) is 0 Å². The SMILES string of the molecule is C=CSC.C=CSCC.C=CSCCC.C=CSCCCC.C=CSCCCCC.C=CSCCO. The number of hydrogen-bond donors (Lipinski definition) is 1. The fourth-order valence-corrected chi connectivity index (χ4v) is 3.35. The van der Waals surface area contributed by atoms with Crippen LogP contribution in [0, 0.1) is 0 Å². The highest BCUT2D eigenvalue weighted by Gasteiger charge is 1.82. The maximum absolute atomic E-state index is 8.13. The predicted molar refractivity (Wildman–Crippen MR) is 194 cm³/mol. The van der Waals surface area contributed by atoms with Crippen LogP contribution >= 0.6 is 70.6 Å². The minimum absolute atomic E-state index is 0.247. The summed E-state index contributed by atoms with van der Waals surface area (Å²) in [5.74, 6) is 5.60. The van der Waals surface area contributed by atoms with E-state index in [0.717, 1.165) is 11.5 Å². The summed E-state index contributed by atoms with van der Waals surface area (Å²) in [6, 6.07) is 0. The van der Waals surface area contributed by atoms with Crippen molar-refractivity contribution in [3.8, 4) is 0 Å². The van der Waals surface area contributed by atoms with E-state index >= 15 is 0 Å². The van der Waals surface area contributed by atoms with E-state index in [9.17, 15) is 0 Å². The monoisotopic (exact) mass is 614 g/mol. The summed E-state index contributed by atoms with van der Waals surface area (Å²) < 4.78 is 0. The van der Waals surface area contributed by atoms with Crippen LogP contribution in [-0.4, -0.2) is 46.7 Å². The van der Waals surface area contributed by atoms with Crippen molar-refractivity contribution in [3.05, 3.63) is 71.9 Å². The zero-order valence-corrected chi connectivity index (χ0v) is 29.0. The molecule has 0 spiro atoms. The van der Waals surface area contributed by atoms with Crippen LogP contribution in [0.25, 0.3) is 0 Å². The Kier molecular flexibility index (Phi) is 96.7. The molecule has 0 saturated carbocycles. The van der Waals surface area contributed by atoms with Crippen LogP contribution in [0.15, 0.2) is 71.9 Å². The first-order chi connectivity index (χ1) is 17.5. The summed E-state index contributed by atoms with van der Waals surface area (Å²) in [6.45, 7) is 30.1. The average molecular weight is 615 g/mol. The zero-order valence-electron chi connectivity index (χ0n) is 24.1. The van der Waals surface area contributed by atoms with Crippen molar-refractivity contribution in [2.45, 2.75) is 66.2 Å². The molecule has 0 saturated heterocycles. The van der Waals surface area contributed by atoms with E-state index in [2.05, 4.69) is 67.2 Å². The second-order valence-electron chi connectivity index (χ2n) is 5.96. The van der Waals surface area contributed by atoms with Gasteiger partial charge in [-0.15, -0.1) is 70.6 Å². The Bertz CT molecular complexity index is 378. The molecule has 0 amide bonds. The standard InChI is InChI=1S/C7H14S.C6H12S.C5H10S.C4H8OS.C4H8S.C3H6S/c1-3-5-6-7-8-4-2;1-3-5-6-7-4-2;1-3-5-6-4-2;1-2-6-4-3-5;1-3-5-4-2;1-3-4-2/h4H,2-3,5-7H2,1H3;4H,2-3,5-6H2,1H3;4H,2-3,5H2,1H3;2,5H,1,3-4H2;3H,1,4H2,2H3;3H,1H2,2H3. The molecule has 0 radical (unpaired) electrons. The molecule has 0 heterocycles. The van der Waals surface area contributed by atoms with E-state index in [4.69, 9.17) is 5.11 Å². The lowest BCUT2D eigenvalue weighted by molar-refractivity contribution is 0.322. The highest BCUT2D eigenvalue weighted by molar-refractivity contribution is 8.03. The Morgan fingerprint density at radius 2 is 0.889 bits per heavy atom. The second-order valence-corrected chi connectivity index (χ2v) is 12.3. The van der Waals surface area contributed by atoms with Gasteiger partial charge in [0.25, 0.3) is 0 Å². The quantitative estimate of drug-likeness (QED) is 0.153. The number of thioether (sulfide) groups is 6. The molecule has 0 aromatic carbocycles. The van der Waals surface area contributed by atoms with Gasteiger partial charge in [0.2, 0.25) is 0 Å². The number of aliphatic hydroxyl groups excluding tert-OH is 1. The molecule has 1 N–H and O–H groups in total. The second kappa shape index (κ2) is 70.4. The lowest BCUT2D eigenvalue weighted by atomic mass is 10.3. The Labute approximate surface area is 253 Å². The molecular formula is C29H58OS6. The molecule has 7 heteroatoms. The summed E-state index contributed by atoms with van der Waals surface area (Å²) in [5.41, 5.74) is 0. The van der Waals surface area contributed by atoms with Gasteiger partial charge in [0.15, 0.2) is 0 Å². The Morgan fingerprint density at radius 1 is 0.500 bits per heavy atom. The summed E-state index contributed by atoms with van der Waals surface area (Å²) in [5, 5.41) is 19.2. The molecule has 0 aromatic rings. The van der Waals surface area contributed by atoms with Crippen molar-refractivity contribution in [3.63, 3.8) is 0 Å². The minimum Gasteiger partial charge on any atom is -0.396 e. The first-order valence-electron chi connectivity index (χ1n) is 12.4. The normalized spacial score (nSPS) is 8.17. The molecule has 36 heavy (non-hydrogen) atoms. The molecule has 216 valence electrons. The third-order valence-corrected chi connectivity index (χ3v) is 6.89. The largest absolute Gasteiger partial charge is 0.396 e.